The van der Waals surface area contributed by atoms with Crippen LogP contribution >= 0.6 is 0 Å². The lowest BCUT2D eigenvalue weighted by atomic mass is 9.87. The molecule has 0 bridgehead atoms. The Bertz CT molecular complexity index is 1690. The van der Waals surface area contributed by atoms with E-state index in [4.69, 9.17) is 4.74 Å². The van der Waals surface area contributed by atoms with Crippen LogP contribution in [0.1, 0.15) is 118 Å². The molecule has 0 radical (unpaired) electrons. The lowest BCUT2D eigenvalue weighted by Crippen LogP contribution is -2.24. The van der Waals surface area contributed by atoms with Gasteiger partial charge in [-0.2, -0.15) is 0 Å². The highest BCUT2D eigenvalue weighted by atomic mass is 16.6. The zero-order valence-electron chi connectivity index (χ0n) is 30.3. The van der Waals surface area contributed by atoms with Crippen molar-refractivity contribution in [3.8, 4) is 11.1 Å². The van der Waals surface area contributed by atoms with E-state index >= 15 is 0 Å². The second-order valence-corrected chi connectivity index (χ2v) is 14.4. The number of hydrogen-bond acceptors (Lipinski definition) is 3. The molecule has 1 amide bonds. The lowest BCUT2D eigenvalue weighted by Gasteiger charge is -2.20. The third-order valence-electron chi connectivity index (χ3n) is 8.15. The number of ether oxygens (including phenoxy) is 1. The fourth-order valence-electron chi connectivity index (χ4n) is 5.01. The van der Waals surface area contributed by atoms with Gasteiger partial charge in [0.2, 0.25) is 0 Å². The molecule has 1 N–H and O–H groups in total. The van der Waals surface area contributed by atoms with Crippen LogP contribution in [0.25, 0.3) is 16.7 Å². The number of nitrogens with one attached hydrogen (secondary N) is 1. The third kappa shape index (κ3) is 10.8. The predicted octanol–water partition coefficient (Wildman–Crippen LogP) is 10.9. The lowest BCUT2D eigenvalue weighted by molar-refractivity contribution is 0.00703. The van der Waals surface area contributed by atoms with Crippen LogP contribution in [0.3, 0.4) is 0 Å². The standard InChI is InChI=1S/C24H31NO.C19H22O2/c1-16(2)18(4)22-14-20(11-8-17(22)3)23(26)25-15-19-9-12-21(13-10-19)24(5,6)7;1-5-14-10-12-15(13-11-14)16-8-6-7-9-17(16)18(20)21-19(2,3)4/h8-14H,15H2,1-7H3,(H,25,26);6-13H,5H2,1-4H3. The van der Waals surface area contributed by atoms with Gasteiger partial charge in [0.25, 0.3) is 5.91 Å². The molecule has 248 valence electrons. The van der Waals surface area contributed by atoms with Crippen molar-refractivity contribution < 1.29 is 14.3 Å². The second kappa shape index (κ2) is 15.9. The van der Waals surface area contributed by atoms with Crippen LogP contribution in [0.15, 0.2) is 96.6 Å². The number of amides is 1. The maximum Gasteiger partial charge on any atom is 0.339 e. The number of allylic oxidation sites excluding steroid dienone is 2. The number of benzene rings is 4. The summed E-state index contributed by atoms with van der Waals surface area (Å²) in [4.78, 5) is 24.9. The van der Waals surface area contributed by atoms with Crippen molar-refractivity contribution in [3.63, 3.8) is 0 Å². The molecule has 0 saturated carbocycles. The summed E-state index contributed by atoms with van der Waals surface area (Å²) in [6.45, 7) is 23.3. The molecule has 0 spiro atoms. The fraction of sp³-hybridized carbons (Fsp3) is 0.349. The summed E-state index contributed by atoms with van der Waals surface area (Å²) in [5, 5.41) is 3.03. The highest BCUT2D eigenvalue weighted by Crippen LogP contribution is 2.27. The Balaban J connectivity index is 0.000000261. The summed E-state index contributed by atoms with van der Waals surface area (Å²) < 4.78 is 5.49. The van der Waals surface area contributed by atoms with Gasteiger partial charge in [0.1, 0.15) is 5.60 Å². The van der Waals surface area contributed by atoms with E-state index < -0.39 is 5.60 Å². The smallest absolute Gasteiger partial charge is 0.339 e. The number of esters is 1. The number of hydrogen-bond donors (Lipinski definition) is 1. The van der Waals surface area contributed by atoms with E-state index in [0.29, 0.717) is 17.7 Å². The van der Waals surface area contributed by atoms with E-state index in [1.165, 1.54) is 27.8 Å². The quantitative estimate of drug-likeness (QED) is 0.207. The maximum absolute atomic E-state index is 12.6. The highest BCUT2D eigenvalue weighted by Gasteiger charge is 2.20. The van der Waals surface area contributed by atoms with Crippen LogP contribution in [-0.2, 0) is 23.1 Å². The van der Waals surface area contributed by atoms with Crippen molar-refractivity contribution in [3.05, 3.63) is 136 Å². The summed E-state index contributed by atoms with van der Waals surface area (Å²) in [7, 11) is 0. The summed E-state index contributed by atoms with van der Waals surface area (Å²) in [6.07, 6.45) is 1.01. The van der Waals surface area contributed by atoms with Crippen LogP contribution < -0.4 is 5.32 Å². The van der Waals surface area contributed by atoms with Gasteiger partial charge >= 0.3 is 5.97 Å². The van der Waals surface area contributed by atoms with Crippen LogP contribution in [0, 0.1) is 6.92 Å². The van der Waals surface area contributed by atoms with Gasteiger partial charge in [-0.25, -0.2) is 4.79 Å². The molecule has 0 unspecified atom stereocenters. The molecule has 47 heavy (non-hydrogen) atoms. The molecule has 0 atom stereocenters. The van der Waals surface area contributed by atoms with Crippen molar-refractivity contribution in [2.45, 2.75) is 100 Å². The van der Waals surface area contributed by atoms with E-state index in [-0.39, 0.29) is 17.3 Å². The van der Waals surface area contributed by atoms with Crippen molar-refractivity contribution >= 4 is 17.4 Å². The molecule has 0 aromatic heterocycles. The Hall–Kier alpha value is -4.44. The highest BCUT2D eigenvalue weighted by molar-refractivity contribution is 5.97. The summed E-state index contributed by atoms with van der Waals surface area (Å²) >= 11 is 0. The zero-order valence-corrected chi connectivity index (χ0v) is 30.3. The van der Waals surface area contributed by atoms with Gasteiger partial charge in [-0.05, 0) is 123 Å². The maximum atomic E-state index is 12.6. The molecule has 0 aliphatic rings. The minimum absolute atomic E-state index is 0.0345. The van der Waals surface area contributed by atoms with Crippen molar-refractivity contribution in [2.75, 3.05) is 0 Å². The molecule has 4 rings (SSSR count). The molecule has 0 fully saturated rings. The number of rotatable bonds is 7. The van der Waals surface area contributed by atoms with Gasteiger partial charge in [-0.1, -0.05) is 106 Å². The molecular formula is C43H53NO3. The Kier molecular flexibility index (Phi) is 12.5. The number of aryl methyl sites for hydroxylation is 2. The van der Waals surface area contributed by atoms with Crippen LogP contribution in [0.4, 0.5) is 0 Å². The minimum Gasteiger partial charge on any atom is -0.456 e. The minimum atomic E-state index is -0.490. The summed E-state index contributed by atoms with van der Waals surface area (Å²) in [5.74, 6) is -0.314. The molecule has 0 aliphatic carbocycles. The molecular weight excluding hydrogens is 578 g/mol. The third-order valence-corrected chi connectivity index (χ3v) is 8.15. The molecule has 4 aromatic carbocycles. The monoisotopic (exact) mass is 631 g/mol. The average molecular weight is 632 g/mol. The molecule has 4 nitrogen and oxygen atoms in total. The van der Waals surface area contributed by atoms with Crippen molar-refractivity contribution in [1.82, 2.24) is 5.32 Å². The van der Waals surface area contributed by atoms with Crippen LogP contribution in [0.2, 0.25) is 0 Å². The normalized spacial score (nSPS) is 11.2. The Morgan fingerprint density at radius 3 is 1.87 bits per heavy atom. The molecule has 4 heteroatoms. The van der Waals surface area contributed by atoms with Gasteiger partial charge in [0, 0.05) is 12.1 Å². The first-order valence-electron chi connectivity index (χ1n) is 16.5. The van der Waals surface area contributed by atoms with E-state index in [1.54, 1.807) is 0 Å². The Morgan fingerprint density at radius 2 is 1.32 bits per heavy atom. The SMILES string of the molecule is CC(C)=C(C)c1cc(C(=O)NCc2ccc(C(C)(C)C)cc2)ccc1C.CCc1ccc(-c2ccccc2C(=O)OC(C)(C)C)cc1. The van der Waals surface area contributed by atoms with Crippen LogP contribution in [0.5, 0.6) is 0 Å². The Morgan fingerprint density at radius 1 is 0.723 bits per heavy atom. The first kappa shape index (κ1) is 37.0. The van der Waals surface area contributed by atoms with E-state index in [2.05, 4.69) is 109 Å². The largest absolute Gasteiger partial charge is 0.456 e. The van der Waals surface area contributed by atoms with E-state index in [9.17, 15) is 9.59 Å². The average Bonchev–Trinajstić information content (AvgIpc) is 3.03. The van der Waals surface area contributed by atoms with Crippen molar-refractivity contribution in [1.29, 1.82) is 0 Å². The summed E-state index contributed by atoms with van der Waals surface area (Å²) in [5.41, 5.74) is 11.4. The fourth-order valence-corrected chi connectivity index (χ4v) is 5.01. The number of carbonyl (C=O) groups is 2. The van der Waals surface area contributed by atoms with Gasteiger partial charge < -0.3 is 10.1 Å². The van der Waals surface area contributed by atoms with Gasteiger partial charge in [-0.3, -0.25) is 4.79 Å². The molecule has 0 heterocycles. The second-order valence-electron chi connectivity index (χ2n) is 14.4. The molecule has 4 aromatic rings. The van der Waals surface area contributed by atoms with E-state index in [1.807, 2.05) is 63.2 Å². The summed E-state index contributed by atoms with van der Waals surface area (Å²) in [6, 6.07) is 30.3. The predicted molar refractivity (Wildman–Crippen MR) is 198 cm³/mol. The molecule has 0 saturated heterocycles. The first-order chi connectivity index (χ1) is 22.0. The zero-order chi connectivity index (χ0) is 34.9. The first-order valence-corrected chi connectivity index (χ1v) is 16.5. The van der Waals surface area contributed by atoms with Gasteiger partial charge in [0.15, 0.2) is 0 Å². The number of carbonyl (C=O) groups excluding carboxylic acids is 2. The van der Waals surface area contributed by atoms with E-state index in [0.717, 1.165) is 28.7 Å². The van der Waals surface area contributed by atoms with Crippen LogP contribution in [-0.4, -0.2) is 17.5 Å². The van der Waals surface area contributed by atoms with Crippen molar-refractivity contribution in [2.24, 2.45) is 0 Å². The molecule has 0 aliphatic heterocycles. The van der Waals surface area contributed by atoms with Gasteiger partial charge in [0.05, 0.1) is 5.56 Å². The topological polar surface area (TPSA) is 55.4 Å². The Labute approximate surface area is 283 Å². The van der Waals surface area contributed by atoms with Gasteiger partial charge in [-0.15, -0.1) is 0 Å².